The molecule has 1 aliphatic rings. The maximum atomic E-state index is 12.5. The summed E-state index contributed by atoms with van der Waals surface area (Å²) in [4.78, 5) is 24.8. The molecule has 2 aromatic rings. The van der Waals surface area contributed by atoms with Crippen LogP contribution in [0.25, 0.3) is 5.69 Å². The van der Waals surface area contributed by atoms with E-state index in [-0.39, 0.29) is 23.3 Å². The third-order valence-electron chi connectivity index (χ3n) is 4.03. The number of carbonyl (C=O) groups is 1. The van der Waals surface area contributed by atoms with Crippen LogP contribution in [0.5, 0.6) is 5.75 Å². The number of pyridine rings is 1. The molecular formula is C18H20N2O4. The SMILES string of the molecule is COc1cc(=O)n(-c2ccccc2)cc1C(=O)NCC1CCCO1. The van der Waals surface area contributed by atoms with E-state index >= 15 is 0 Å². The molecule has 1 atom stereocenters. The second-order valence-electron chi connectivity index (χ2n) is 5.64. The molecule has 0 bridgehead atoms. The largest absolute Gasteiger partial charge is 0.496 e. The van der Waals surface area contributed by atoms with Gasteiger partial charge < -0.3 is 14.8 Å². The Morgan fingerprint density at radius 1 is 1.38 bits per heavy atom. The number of benzene rings is 1. The van der Waals surface area contributed by atoms with Gasteiger partial charge in [-0.05, 0) is 25.0 Å². The van der Waals surface area contributed by atoms with Crippen molar-refractivity contribution < 1.29 is 14.3 Å². The minimum atomic E-state index is -0.285. The smallest absolute Gasteiger partial charge is 0.258 e. The normalized spacial score (nSPS) is 16.8. The molecule has 1 aliphatic heterocycles. The van der Waals surface area contributed by atoms with Crippen LogP contribution in [-0.2, 0) is 4.74 Å². The van der Waals surface area contributed by atoms with Crippen molar-refractivity contribution in [2.75, 3.05) is 20.3 Å². The number of ether oxygens (including phenoxy) is 2. The van der Waals surface area contributed by atoms with Crippen molar-refractivity contribution in [3.05, 3.63) is 58.5 Å². The quantitative estimate of drug-likeness (QED) is 0.908. The van der Waals surface area contributed by atoms with Crippen LogP contribution >= 0.6 is 0 Å². The van der Waals surface area contributed by atoms with Crippen molar-refractivity contribution in [2.45, 2.75) is 18.9 Å². The molecule has 2 heterocycles. The van der Waals surface area contributed by atoms with Crippen molar-refractivity contribution in [3.8, 4) is 11.4 Å². The zero-order valence-corrected chi connectivity index (χ0v) is 13.5. The summed E-state index contributed by atoms with van der Waals surface area (Å²) in [6.07, 6.45) is 3.53. The highest BCUT2D eigenvalue weighted by molar-refractivity contribution is 5.96. The summed E-state index contributed by atoms with van der Waals surface area (Å²) in [5, 5.41) is 2.85. The first-order valence-electron chi connectivity index (χ1n) is 7.95. The number of methoxy groups -OCH3 is 1. The number of rotatable bonds is 5. The highest BCUT2D eigenvalue weighted by Gasteiger charge is 2.19. The number of para-hydroxylation sites is 1. The Morgan fingerprint density at radius 3 is 2.83 bits per heavy atom. The number of nitrogens with one attached hydrogen (secondary N) is 1. The fraction of sp³-hybridized carbons (Fsp3) is 0.333. The minimum absolute atomic E-state index is 0.0555. The van der Waals surface area contributed by atoms with Gasteiger partial charge >= 0.3 is 0 Å². The first-order chi connectivity index (χ1) is 11.7. The molecule has 126 valence electrons. The van der Waals surface area contributed by atoms with Gasteiger partial charge in [0.15, 0.2) is 0 Å². The number of hydrogen-bond donors (Lipinski definition) is 1. The molecular weight excluding hydrogens is 308 g/mol. The molecule has 1 fully saturated rings. The van der Waals surface area contributed by atoms with Crippen molar-refractivity contribution in [2.24, 2.45) is 0 Å². The van der Waals surface area contributed by atoms with Gasteiger partial charge in [0, 0.05) is 31.1 Å². The maximum Gasteiger partial charge on any atom is 0.258 e. The van der Waals surface area contributed by atoms with Crippen LogP contribution in [-0.4, -0.2) is 36.8 Å². The molecule has 24 heavy (non-hydrogen) atoms. The monoisotopic (exact) mass is 328 g/mol. The van der Waals surface area contributed by atoms with E-state index in [4.69, 9.17) is 9.47 Å². The summed E-state index contributed by atoms with van der Waals surface area (Å²) in [5.41, 5.74) is 0.756. The predicted octanol–water partition coefficient (Wildman–Crippen LogP) is 1.75. The molecule has 6 nitrogen and oxygen atoms in total. The van der Waals surface area contributed by atoms with Crippen LogP contribution < -0.4 is 15.6 Å². The van der Waals surface area contributed by atoms with Gasteiger partial charge in [-0.3, -0.25) is 14.2 Å². The van der Waals surface area contributed by atoms with Crippen LogP contribution in [0.1, 0.15) is 23.2 Å². The minimum Gasteiger partial charge on any atom is -0.496 e. The molecule has 1 saturated heterocycles. The first kappa shape index (κ1) is 16.3. The van der Waals surface area contributed by atoms with Crippen molar-refractivity contribution in [1.82, 2.24) is 9.88 Å². The summed E-state index contributed by atoms with van der Waals surface area (Å²) >= 11 is 0. The zero-order chi connectivity index (χ0) is 16.9. The second-order valence-corrected chi connectivity index (χ2v) is 5.64. The molecule has 0 spiro atoms. The van der Waals surface area contributed by atoms with Gasteiger partial charge in [0.05, 0.1) is 18.8 Å². The molecule has 1 amide bonds. The molecule has 0 radical (unpaired) electrons. The molecule has 0 saturated carbocycles. The topological polar surface area (TPSA) is 69.6 Å². The Balaban J connectivity index is 1.87. The van der Waals surface area contributed by atoms with E-state index in [2.05, 4.69) is 5.32 Å². The van der Waals surface area contributed by atoms with Crippen molar-refractivity contribution in [1.29, 1.82) is 0 Å². The van der Waals surface area contributed by atoms with Crippen LogP contribution in [0.15, 0.2) is 47.4 Å². The van der Waals surface area contributed by atoms with Crippen LogP contribution in [0.2, 0.25) is 0 Å². The number of carbonyl (C=O) groups excluding carboxylic acids is 1. The lowest BCUT2D eigenvalue weighted by atomic mass is 10.2. The third-order valence-corrected chi connectivity index (χ3v) is 4.03. The summed E-state index contributed by atoms with van der Waals surface area (Å²) in [7, 11) is 1.44. The van der Waals surface area contributed by atoms with Crippen LogP contribution in [0.3, 0.4) is 0 Å². The predicted molar refractivity (Wildman–Crippen MR) is 89.9 cm³/mol. The first-order valence-corrected chi connectivity index (χ1v) is 7.95. The lowest BCUT2D eigenvalue weighted by Crippen LogP contribution is -2.33. The highest BCUT2D eigenvalue weighted by atomic mass is 16.5. The number of nitrogens with zero attached hydrogens (tertiary/aromatic N) is 1. The fourth-order valence-corrected chi connectivity index (χ4v) is 2.75. The van der Waals surface area contributed by atoms with E-state index in [1.54, 1.807) is 0 Å². The number of hydrogen-bond acceptors (Lipinski definition) is 4. The number of aromatic nitrogens is 1. The van der Waals surface area contributed by atoms with Gasteiger partial charge in [-0.15, -0.1) is 0 Å². The van der Waals surface area contributed by atoms with Gasteiger partial charge in [-0.2, -0.15) is 0 Å². The van der Waals surface area contributed by atoms with E-state index in [0.717, 1.165) is 19.4 Å². The fourth-order valence-electron chi connectivity index (χ4n) is 2.75. The van der Waals surface area contributed by atoms with Gasteiger partial charge in [0.25, 0.3) is 11.5 Å². The molecule has 1 aromatic carbocycles. The average Bonchev–Trinajstić information content (AvgIpc) is 3.13. The van der Waals surface area contributed by atoms with Gasteiger partial charge in [-0.1, -0.05) is 18.2 Å². The van der Waals surface area contributed by atoms with Crippen molar-refractivity contribution >= 4 is 5.91 Å². The molecule has 1 unspecified atom stereocenters. The van der Waals surface area contributed by atoms with E-state index < -0.39 is 0 Å². The lowest BCUT2D eigenvalue weighted by Gasteiger charge is -2.14. The summed E-state index contributed by atoms with van der Waals surface area (Å²) in [5.74, 6) is -0.0240. The van der Waals surface area contributed by atoms with E-state index in [0.29, 0.717) is 17.8 Å². The summed E-state index contributed by atoms with van der Waals surface area (Å²) in [6, 6.07) is 10.5. The molecule has 6 heteroatoms. The van der Waals surface area contributed by atoms with Gasteiger partial charge in [0.2, 0.25) is 0 Å². The van der Waals surface area contributed by atoms with Crippen LogP contribution in [0.4, 0.5) is 0 Å². The molecule has 3 rings (SSSR count). The Morgan fingerprint density at radius 2 is 2.17 bits per heavy atom. The Kier molecular flexibility index (Phi) is 4.96. The van der Waals surface area contributed by atoms with Gasteiger partial charge in [0.1, 0.15) is 5.75 Å². The second kappa shape index (κ2) is 7.31. The summed E-state index contributed by atoms with van der Waals surface area (Å²) < 4.78 is 12.1. The van der Waals surface area contributed by atoms with Crippen molar-refractivity contribution in [3.63, 3.8) is 0 Å². The van der Waals surface area contributed by atoms with E-state index in [1.165, 1.54) is 23.9 Å². The standard InChI is InChI=1S/C18H20N2O4/c1-23-16-10-17(21)20(13-6-3-2-4-7-13)12-15(16)18(22)19-11-14-8-5-9-24-14/h2-4,6-7,10,12,14H,5,8-9,11H2,1H3,(H,19,22). The Hall–Kier alpha value is -2.60. The average molecular weight is 328 g/mol. The number of amides is 1. The van der Waals surface area contributed by atoms with E-state index in [9.17, 15) is 9.59 Å². The molecule has 1 N–H and O–H groups in total. The highest BCUT2D eigenvalue weighted by Crippen LogP contribution is 2.18. The molecule has 1 aromatic heterocycles. The maximum absolute atomic E-state index is 12.5. The third kappa shape index (κ3) is 3.49. The van der Waals surface area contributed by atoms with E-state index in [1.807, 2.05) is 30.3 Å². The van der Waals surface area contributed by atoms with Gasteiger partial charge in [-0.25, -0.2) is 0 Å². The molecule has 0 aliphatic carbocycles. The lowest BCUT2D eigenvalue weighted by molar-refractivity contribution is 0.0854. The Bertz CT molecular complexity index is 764. The Labute approximate surface area is 140 Å². The van der Waals surface area contributed by atoms with Crippen LogP contribution in [0, 0.1) is 0 Å². The summed E-state index contributed by atoms with van der Waals surface area (Å²) in [6.45, 7) is 1.19. The zero-order valence-electron chi connectivity index (χ0n) is 13.5.